The third kappa shape index (κ3) is 2.67. The van der Waals surface area contributed by atoms with Crippen molar-refractivity contribution in [2.75, 3.05) is 7.11 Å². The Morgan fingerprint density at radius 3 is 2.21 bits per heavy atom. The Balaban J connectivity index is 2.33. The SMILES string of the molecule is COC(=O)c1ccc(C(=O)c2cc(F)cc(F)c2)o1. The summed E-state index contributed by atoms with van der Waals surface area (Å²) in [5.41, 5.74) is -0.205. The largest absolute Gasteiger partial charge is 0.463 e. The van der Waals surface area contributed by atoms with Crippen molar-refractivity contribution < 1.29 is 27.5 Å². The molecule has 0 spiro atoms. The lowest BCUT2D eigenvalue weighted by atomic mass is 10.1. The molecule has 2 aromatic rings. The highest BCUT2D eigenvalue weighted by atomic mass is 19.1. The quantitative estimate of drug-likeness (QED) is 0.633. The topological polar surface area (TPSA) is 56.5 Å². The maximum atomic E-state index is 13.0. The first-order chi connectivity index (χ1) is 9.01. The minimum atomic E-state index is -0.872. The van der Waals surface area contributed by atoms with Crippen molar-refractivity contribution in [3.8, 4) is 0 Å². The molecular weight excluding hydrogens is 258 g/mol. The molecule has 1 aromatic heterocycles. The van der Waals surface area contributed by atoms with E-state index in [2.05, 4.69) is 4.74 Å². The van der Waals surface area contributed by atoms with Crippen LogP contribution in [0, 0.1) is 11.6 Å². The number of furan rings is 1. The van der Waals surface area contributed by atoms with Crippen LogP contribution in [0.3, 0.4) is 0 Å². The van der Waals surface area contributed by atoms with Gasteiger partial charge in [0.1, 0.15) is 11.6 Å². The van der Waals surface area contributed by atoms with Gasteiger partial charge >= 0.3 is 5.97 Å². The van der Waals surface area contributed by atoms with Crippen LogP contribution in [0.4, 0.5) is 8.78 Å². The highest BCUT2D eigenvalue weighted by Gasteiger charge is 2.18. The molecule has 6 heteroatoms. The van der Waals surface area contributed by atoms with Crippen molar-refractivity contribution >= 4 is 11.8 Å². The molecule has 0 unspecified atom stereocenters. The molecule has 98 valence electrons. The number of ketones is 1. The molecule has 0 bridgehead atoms. The molecular formula is C13H8F2O4. The van der Waals surface area contributed by atoms with Crippen molar-refractivity contribution in [2.24, 2.45) is 0 Å². The molecule has 0 aliphatic carbocycles. The molecule has 0 amide bonds. The average molecular weight is 266 g/mol. The maximum absolute atomic E-state index is 13.0. The summed E-state index contributed by atoms with van der Waals surface area (Å²) < 4.78 is 35.4. The number of hydrogen-bond donors (Lipinski definition) is 0. The van der Waals surface area contributed by atoms with E-state index in [4.69, 9.17) is 4.42 Å². The summed E-state index contributed by atoms with van der Waals surface area (Å²) in [5.74, 6) is -3.59. The number of hydrogen-bond acceptors (Lipinski definition) is 4. The molecule has 0 N–H and O–H groups in total. The van der Waals surface area contributed by atoms with E-state index < -0.39 is 23.4 Å². The van der Waals surface area contributed by atoms with Gasteiger partial charge in [0, 0.05) is 11.6 Å². The first kappa shape index (κ1) is 12.9. The van der Waals surface area contributed by atoms with E-state index in [-0.39, 0.29) is 17.1 Å². The molecule has 19 heavy (non-hydrogen) atoms. The van der Waals surface area contributed by atoms with Gasteiger partial charge in [-0.3, -0.25) is 4.79 Å². The zero-order chi connectivity index (χ0) is 14.0. The summed E-state index contributed by atoms with van der Waals surface area (Å²) in [4.78, 5) is 23.0. The van der Waals surface area contributed by atoms with Crippen LogP contribution in [-0.2, 0) is 4.74 Å². The van der Waals surface area contributed by atoms with Crippen molar-refractivity contribution in [3.05, 3.63) is 59.1 Å². The molecule has 4 nitrogen and oxygen atoms in total. The molecule has 0 saturated carbocycles. The Hall–Kier alpha value is -2.50. The van der Waals surface area contributed by atoms with Crippen LogP contribution in [0.15, 0.2) is 34.7 Å². The predicted octanol–water partition coefficient (Wildman–Crippen LogP) is 2.58. The summed E-state index contributed by atoms with van der Waals surface area (Å²) in [6, 6.07) is 4.89. The molecule has 1 heterocycles. The third-order valence-electron chi connectivity index (χ3n) is 2.34. The lowest BCUT2D eigenvalue weighted by molar-refractivity contribution is 0.0563. The fraction of sp³-hybridized carbons (Fsp3) is 0.0769. The number of methoxy groups -OCH3 is 1. The molecule has 1 aromatic carbocycles. The van der Waals surface area contributed by atoms with E-state index in [1.54, 1.807) is 0 Å². The van der Waals surface area contributed by atoms with Crippen molar-refractivity contribution in [2.45, 2.75) is 0 Å². The van der Waals surface area contributed by atoms with Gasteiger partial charge in [-0.1, -0.05) is 0 Å². The lowest BCUT2D eigenvalue weighted by Crippen LogP contribution is -2.02. The zero-order valence-corrected chi connectivity index (χ0v) is 9.78. The van der Waals surface area contributed by atoms with Crippen LogP contribution in [0.25, 0.3) is 0 Å². The number of rotatable bonds is 3. The number of ether oxygens (including phenoxy) is 1. The minimum Gasteiger partial charge on any atom is -0.463 e. The Morgan fingerprint density at radius 2 is 1.63 bits per heavy atom. The van der Waals surface area contributed by atoms with Crippen LogP contribution in [-0.4, -0.2) is 18.9 Å². The summed E-state index contributed by atoms with van der Waals surface area (Å²) in [5, 5.41) is 0. The first-order valence-electron chi connectivity index (χ1n) is 5.20. The number of halogens is 2. The van der Waals surface area contributed by atoms with E-state index in [0.29, 0.717) is 6.07 Å². The molecule has 0 aliphatic rings. The molecule has 0 saturated heterocycles. The van der Waals surface area contributed by atoms with E-state index >= 15 is 0 Å². The van der Waals surface area contributed by atoms with E-state index in [9.17, 15) is 18.4 Å². The Morgan fingerprint density at radius 1 is 1.05 bits per heavy atom. The van der Waals surface area contributed by atoms with Crippen molar-refractivity contribution in [1.82, 2.24) is 0 Å². The van der Waals surface area contributed by atoms with Crippen LogP contribution in [0.2, 0.25) is 0 Å². The summed E-state index contributed by atoms with van der Waals surface area (Å²) in [6.07, 6.45) is 0. The van der Waals surface area contributed by atoms with Gasteiger partial charge in [-0.15, -0.1) is 0 Å². The normalized spacial score (nSPS) is 10.3. The highest BCUT2D eigenvalue weighted by Crippen LogP contribution is 2.16. The fourth-order valence-corrected chi connectivity index (χ4v) is 1.50. The third-order valence-corrected chi connectivity index (χ3v) is 2.34. The summed E-state index contributed by atoms with van der Waals surface area (Å²) in [6.45, 7) is 0. The van der Waals surface area contributed by atoms with Crippen LogP contribution >= 0.6 is 0 Å². The van der Waals surface area contributed by atoms with Gasteiger partial charge in [-0.25, -0.2) is 13.6 Å². The fourth-order valence-electron chi connectivity index (χ4n) is 1.50. The van der Waals surface area contributed by atoms with E-state index in [1.807, 2.05) is 0 Å². The highest BCUT2D eigenvalue weighted by molar-refractivity contribution is 6.07. The van der Waals surface area contributed by atoms with Gasteiger partial charge < -0.3 is 9.15 Å². The Bertz CT molecular complexity index is 626. The number of carbonyl (C=O) groups is 2. The standard InChI is InChI=1S/C13H8F2O4/c1-18-13(17)11-3-2-10(19-11)12(16)7-4-8(14)6-9(15)5-7/h2-6H,1H3. The monoisotopic (exact) mass is 266 g/mol. The van der Waals surface area contributed by atoms with Gasteiger partial charge in [0.25, 0.3) is 0 Å². The van der Waals surface area contributed by atoms with Crippen molar-refractivity contribution in [3.63, 3.8) is 0 Å². The molecule has 0 radical (unpaired) electrons. The number of benzene rings is 1. The van der Waals surface area contributed by atoms with E-state index in [1.165, 1.54) is 12.1 Å². The Kier molecular flexibility index (Phi) is 3.41. The first-order valence-corrected chi connectivity index (χ1v) is 5.20. The minimum absolute atomic E-state index is 0.164. The maximum Gasteiger partial charge on any atom is 0.373 e. The molecule has 2 rings (SSSR count). The smallest absolute Gasteiger partial charge is 0.373 e. The van der Waals surface area contributed by atoms with Crippen LogP contribution in [0.5, 0.6) is 0 Å². The number of carbonyl (C=O) groups excluding carboxylic acids is 2. The second-order valence-electron chi connectivity index (χ2n) is 3.64. The van der Waals surface area contributed by atoms with Gasteiger partial charge in [0.15, 0.2) is 5.76 Å². The van der Waals surface area contributed by atoms with Crippen molar-refractivity contribution in [1.29, 1.82) is 0 Å². The predicted molar refractivity (Wildman–Crippen MR) is 59.8 cm³/mol. The van der Waals surface area contributed by atoms with Gasteiger partial charge in [-0.05, 0) is 24.3 Å². The van der Waals surface area contributed by atoms with Gasteiger partial charge in [-0.2, -0.15) is 0 Å². The molecule has 0 aliphatic heterocycles. The Labute approximate surface area is 106 Å². The second-order valence-corrected chi connectivity index (χ2v) is 3.64. The van der Waals surface area contributed by atoms with E-state index in [0.717, 1.165) is 19.2 Å². The molecule has 0 fully saturated rings. The lowest BCUT2D eigenvalue weighted by Gasteiger charge is -1.99. The summed E-state index contributed by atoms with van der Waals surface area (Å²) >= 11 is 0. The number of esters is 1. The van der Waals surface area contributed by atoms with Crippen LogP contribution in [0.1, 0.15) is 26.7 Å². The average Bonchev–Trinajstić information content (AvgIpc) is 2.85. The molecule has 0 atom stereocenters. The summed E-state index contributed by atoms with van der Waals surface area (Å²) in [7, 11) is 1.16. The van der Waals surface area contributed by atoms with Gasteiger partial charge in [0.05, 0.1) is 7.11 Å². The van der Waals surface area contributed by atoms with Gasteiger partial charge in [0.2, 0.25) is 11.5 Å². The van der Waals surface area contributed by atoms with Crippen LogP contribution < -0.4 is 0 Å². The zero-order valence-electron chi connectivity index (χ0n) is 9.78. The second kappa shape index (κ2) is 5.01.